The lowest BCUT2D eigenvalue weighted by molar-refractivity contribution is -0.114. The number of hydrogen-bond acceptors (Lipinski definition) is 4. The highest BCUT2D eigenvalue weighted by atomic mass is 16.2. The maximum absolute atomic E-state index is 10.7. The van der Waals surface area contributed by atoms with Gasteiger partial charge in [0.25, 0.3) is 0 Å². The number of aromatic amines is 1. The molecule has 0 aromatic carbocycles. The summed E-state index contributed by atoms with van der Waals surface area (Å²) in [5.74, 6) is 0.141. The van der Waals surface area contributed by atoms with Gasteiger partial charge in [-0.2, -0.15) is 9.97 Å². The largest absolute Gasteiger partial charge is 0.349 e. The number of carbonyl (C=O) groups is 1. The number of rotatable bonds is 1. The molecule has 0 aliphatic rings. The van der Waals surface area contributed by atoms with E-state index in [1.807, 2.05) is 0 Å². The van der Waals surface area contributed by atoms with E-state index in [1.54, 1.807) is 6.92 Å². The van der Waals surface area contributed by atoms with E-state index < -0.39 is 5.69 Å². The molecule has 6 heteroatoms. The van der Waals surface area contributed by atoms with E-state index in [0.29, 0.717) is 5.82 Å². The van der Waals surface area contributed by atoms with Crippen molar-refractivity contribution in [2.45, 2.75) is 13.8 Å². The lowest BCUT2D eigenvalue weighted by Gasteiger charge is -1.98. The minimum Gasteiger partial charge on any atom is -0.295 e. The predicted octanol–water partition coefficient (Wildman–Crippen LogP) is -0.568. The first kappa shape index (κ1) is 8.38. The number of nitrogens with zero attached hydrogens (tertiary/aromatic N) is 2. The standard InChI is InChI=1S/C6H8N4O2/c1-3-7-5(9-4(2)11)10-6(12)8-3/h1-2H3,(H2,7,8,9,10,11,12). The van der Waals surface area contributed by atoms with Gasteiger partial charge in [0.05, 0.1) is 0 Å². The number of hydrogen-bond donors (Lipinski definition) is 2. The van der Waals surface area contributed by atoms with Gasteiger partial charge in [-0.3, -0.25) is 15.1 Å². The van der Waals surface area contributed by atoms with Crippen LogP contribution in [0.3, 0.4) is 0 Å². The van der Waals surface area contributed by atoms with Crippen molar-refractivity contribution in [1.82, 2.24) is 15.0 Å². The Morgan fingerprint density at radius 3 is 2.67 bits per heavy atom. The van der Waals surface area contributed by atoms with Crippen molar-refractivity contribution in [3.8, 4) is 0 Å². The Morgan fingerprint density at radius 2 is 2.17 bits per heavy atom. The molecule has 1 aromatic rings. The second-order valence-electron chi connectivity index (χ2n) is 2.24. The quantitative estimate of drug-likeness (QED) is 0.587. The van der Waals surface area contributed by atoms with Crippen LogP contribution in [0.4, 0.5) is 5.95 Å². The van der Waals surface area contributed by atoms with Crippen molar-refractivity contribution >= 4 is 11.9 Å². The van der Waals surface area contributed by atoms with E-state index in [2.05, 4.69) is 20.3 Å². The first-order chi connectivity index (χ1) is 5.58. The third-order valence-corrected chi connectivity index (χ3v) is 1.06. The topological polar surface area (TPSA) is 87.7 Å². The van der Waals surface area contributed by atoms with E-state index in [-0.39, 0.29) is 11.9 Å². The summed E-state index contributed by atoms with van der Waals surface area (Å²) in [5, 5.41) is 2.31. The fourth-order valence-corrected chi connectivity index (χ4v) is 0.704. The van der Waals surface area contributed by atoms with E-state index in [4.69, 9.17) is 0 Å². The molecule has 1 amide bonds. The Kier molecular flexibility index (Phi) is 2.18. The van der Waals surface area contributed by atoms with Crippen LogP contribution in [0.15, 0.2) is 4.79 Å². The summed E-state index contributed by atoms with van der Waals surface area (Å²) in [4.78, 5) is 30.8. The van der Waals surface area contributed by atoms with Crippen LogP contribution in [0.25, 0.3) is 0 Å². The van der Waals surface area contributed by atoms with Crippen molar-refractivity contribution in [2.75, 3.05) is 5.32 Å². The molecule has 0 saturated heterocycles. The SMILES string of the molecule is CC(=O)Nc1nc(C)[nH]c(=O)n1. The normalized spacial score (nSPS) is 9.50. The fraction of sp³-hybridized carbons (Fsp3) is 0.333. The van der Waals surface area contributed by atoms with Gasteiger partial charge in [0.2, 0.25) is 11.9 Å². The maximum atomic E-state index is 10.7. The molecule has 0 bridgehead atoms. The number of nitrogens with one attached hydrogen (secondary N) is 2. The molecule has 0 spiro atoms. The molecule has 64 valence electrons. The minimum absolute atomic E-state index is 0.0313. The zero-order valence-electron chi connectivity index (χ0n) is 6.71. The van der Waals surface area contributed by atoms with Crippen LogP contribution in [-0.4, -0.2) is 20.9 Å². The molecule has 6 nitrogen and oxygen atoms in total. The molecular formula is C6H8N4O2. The van der Waals surface area contributed by atoms with Gasteiger partial charge in [0.15, 0.2) is 0 Å². The Morgan fingerprint density at radius 1 is 1.50 bits per heavy atom. The highest BCUT2D eigenvalue weighted by Gasteiger charge is 1.99. The van der Waals surface area contributed by atoms with Crippen molar-refractivity contribution in [1.29, 1.82) is 0 Å². The van der Waals surface area contributed by atoms with Crippen molar-refractivity contribution < 1.29 is 4.79 Å². The summed E-state index contributed by atoms with van der Waals surface area (Å²) in [6.07, 6.45) is 0. The van der Waals surface area contributed by atoms with E-state index in [9.17, 15) is 9.59 Å². The van der Waals surface area contributed by atoms with Gasteiger partial charge in [-0.1, -0.05) is 0 Å². The van der Waals surface area contributed by atoms with Crippen LogP contribution >= 0.6 is 0 Å². The number of aromatic nitrogens is 3. The molecule has 0 fully saturated rings. The smallest absolute Gasteiger partial charge is 0.295 e. The second kappa shape index (κ2) is 3.12. The molecule has 1 rings (SSSR count). The summed E-state index contributed by atoms with van der Waals surface area (Å²) in [7, 11) is 0. The fourth-order valence-electron chi connectivity index (χ4n) is 0.704. The van der Waals surface area contributed by atoms with Gasteiger partial charge in [-0.05, 0) is 6.92 Å². The van der Waals surface area contributed by atoms with Crippen molar-refractivity contribution in [3.63, 3.8) is 0 Å². The zero-order chi connectivity index (χ0) is 9.14. The molecule has 0 atom stereocenters. The Balaban J connectivity index is 3.01. The number of anilines is 1. The molecule has 1 heterocycles. The summed E-state index contributed by atoms with van der Waals surface area (Å²) < 4.78 is 0. The maximum Gasteiger partial charge on any atom is 0.349 e. The Bertz CT molecular complexity index is 357. The van der Waals surface area contributed by atoms with Crippen LogP contribution in [0.2, 0.25) is 0 Å². The molecule has 0 unspecified atom stereocenters. The first-order valence-electron chi connectivity index (χ1n) is 3.30. The number of amides is 1. The number of aryl methyl sites for hydroxylation is 1. The minimum atomic E-state index is -0.522. The van der Waals surface area contributed by atoms with Gasteiger partial charge in [0.1, 0.15) is 5.82 Å². The second-order valence-corrected chi connectivity index (χ2v) is 2.24. The summed E-state index contributed by atoms with van der Waals surface area (Å²) >= 11 is 0. The lowest BCUT2D eigenvalue weighted by atomic mass is 10.6. The Hall–Kier alpha value is -1.72. The number of H-pyrrole nitrogens is 1. The molecule has 12 heavy (non-hydrogen) atoms. The molecule has 0 aliphatic heterocycles. The molecule has 2 N–H and O–H groups in total. The first-order valence-corrected chi connectivity index (χ1v) is 3.30. The third kappa shape index (κ3) is 2.15. The summed E-state index contributed by atoms with van der Waals surface area (Å²) in [5.41, 5.74) is -0.522. The van der Waals surface area contributed by atoms with Crippen LogP contribution in [0.5, 0.6) is 0 Å². The van der Waals surface area contributed by atoms with Gasteiger partial charge >= 0.3 is 5.69 Å². The van der Waals surface area contributed by atoms with E-state index in [1.165, 1.54) is 6.92 Å². The summed E-state index contributed by atoms with van der Waals surface area (Å²) in [6, 6.07) is 0. The zero-order valence-corrected chi connectivity index (χ0v) is 6.71. The van der Waals surface area contributed by atoms with E-state index >= 15 is 0 Å². The highest BCUT2D eigenvalue weighted by molar-refractivity contribution is 5.86. The van der Waals surface area contributed by atoms with Crippen LogP contribution < -0.4 is 11.0 Å². The predicted molar refractivity (Wildman–Crippen MR) is 41.7 cm³/mol. The van der Waals surface area contributed by atoms with Gasteiger partial charge in [0, 0.05) is 6.92 Å². The summed E-state index contributed by atoms with van der Waals surface area (Å²) in [6.45, 7) is 2.92. The molecule has 0 aliphatic carbocycles. The molecule has 0 radical (unpaired) electrons. The van der Waals surface area contributed by atoms with Gasteiger partial charge in [-0.25, -0.2) is 4.79 Å². The van der Waals surface area contributed by atoms with Gasteiger partial charge < -0.3 is 0 Å². The van der Waals surface area contributed by atoms with Crippen molar-refractivity contribution in [2.24, 2.45) is 0 Å². The number of carbonyl (C=O) groups excluding carboxylic acids is 1. The third-order valence-electron chi connectivity index (χ3n) is 1.06. The molecular weight excluding hydrogens is 160 g/mol. The van der Waals surface area contributed by atoms with Crippen LogP contribution in [0.1, 0.15) is 12.7 Å². The van der Waals surface area contributed by atoms with Crippen LogP contribution in [-0.2, 0) is 4.79 Å². The highest BCUT2D eigenvalue weighted by Crippen LogP contribution is 1.91. The van der Waals surface area contributed by atoms with Crippen molar-refractivity contribution in [3.05, 3.63) is 16.3 Å². The lowest BCUT2D eigenvalue weighted by Crippen LogP contribution is -2.19. The Labute approximate surface area is 68.1 Å². The average molecular weight is 168 g/mol. The van der Waals surface area contributed by atoms with Gasteiger partial charge in [-0.15, -0.1) is 0 Å². The monoisotopic (exact) mass is 168 g/mol. The van der Waals surface area contributed by atoms with Crippen LogP contribution in [0, 0.1) is 6.92 Å². The molecule has 1 aromatic heterocycles. The van der Waals surface area contributed by atoms with E-state index in [0.717, 1.165) is 0 Å². The molecule has 0 saturated carbocycles. The average Bonchev–Trinajstić information content (AvgIpc) is 1.81.